The number of hydrogen-bond acceptors (Lipinski definition) is 5. The first-order valence-corrected chi connectivity index (χ1v) is 5.16. The lowest BCUT2D eigenvalue weighted by atomic mass is 10.4. The Morgan fingerprint density at radius 1 is 1.54 bits per heavy atom. The number of morpholine rings is 1. The van der Waals surface area contributed by atoms with Crippen molar-refractivity contribution in [2.45, 2.75) is 6.61 Å². The second-order valence-corrected chi connectivity index (χ2v) is 3.72. The van der Waals surface area contributed by atoms with E-state index in [9.17, 15) is 0 Å². The molecule has 0 aromatic carbocycles. The molecular weight excluding hydrogens is 188 g/mol. The maximum absolute atomic E-state index is 8.85. The van der Waals surface area contributed by atoms with Crippen LogP contribution in [-0.4, -0.2) is 36.4 Å². The Morgan fingerprint density at radius 3 is 2.92 bits per heavy atom. The highest BCUT2D eigenvalue weighted by Crippen LogP contribution is 2.21. The average Bonchev–Trinajstić information content (AvgIpc) is 2.67. The number of rotatable bonds is 2. The molecule has 2 rings (SSSR count). The molecule has 1 fully saturated rings. The maximum atomic E-state index is 8.85. The third-order valence-electron chi connectivity index (χ3n) is 1.98. The summed E-state index contributed by atoms with van der Waals surface area (Å²) < 4.78 is 5.24. The summed E-state index contributed by atoms with van der Waals surface area (Å²) in [6.07, 6.45) is 0. The minimum atomic E-state index is 0.0286. The van der Waals surface area contributed by atoms with Gasteiger partial charge in [-0.3, -0.25) is 0 Å². The van der Waals surface area contributed by atoms with Crippen LogP contribution in [0.4, 0.5) is 5.13 Å². The van der Waals surface area contributed by atoms with E-state index in [0.29, 0.717) is 0 Å². The van der Waals surface area contributed by atoms with Crippen LogP contribution in [0.3, 0.4) is 0 Å². The van der Waals surface area contributed by atoms with Crippen LogP contribution < -0.4 is 4.90 Å². The molecule has 1 aromatic rings. The Morgan fingerprint density at radius 2 is 2.31 bits per heavy atom. The number of aliphatic hydroxyl groups is 1. The second-order valence-electron chi connectivity index (χ2n) is 2.88. The molecule has 0 unspecified atom stereocenters. The Labute approximate surface area is 80.8 Å². The Kier molecular flexibility index (Phi) is 2.77. The fraction of sp³-hybridized carbons (Fsp3) is 0.625. The summed E-state index contributed by atoms with van der Waals surface area (Å²) in [5.74, 6) is 0. The molecule has 2 heterocycles. The van der Waals surface area contributed by atoms with E-state index in [1.807, 2.05) is 5.38 Å². The standard InChI is InChI=1S/C8H12N2O2S/c11-5-7-6-13-8(9-7)10-1-3-12-4-2-10/h6,11H,1-5H2. The third kappa shape index (κ3) is 1.99. The first-order chi connectivity index (χ1) is 6.40. The van der Waals surface area contributed by atoms with Crippen molar-refractivity contribution in [3.63, 3.8) is 0 Å². The van der Waals surface area contributed by atoms with E-state index in [2.05, 4.69) is 9.88 Å². The first kappa shape index (κ1) is 8.93. The number of ether oxygens (including phenoxy) is 1. The van der Waals surface area contributed by atoms with Crippen LogP contribution in [0.2, 0.25) is 0 Å². The van der Waals surface area contributed by atoms with Crippen LogP contribution >= 0.6 is 11.3 Å². The molecule has 0 radical (unpaired) electrons. The van der Waals surface area contributed by atoms with Crippen LogP contribution in [0.1, 0.15) is 5.69 Å². The van der Waals surface area contributed by atoms with Crippen LogP contribution in [0, 0.1) is 0 Å². The van der Waals surface area contributed by atoms with Gasteiger partial charge in [0.15, 0.2) is 5.13 Å². The van der Waals surface area contributed by atoms with E-state index in [0.717, 1.165) is 37.1 Å². The molecule has 1 N–H and O–H groups in total. The number of aliphatic hydroxyl groups excluding tert-OH is 1. The van der Waals surface area contributed by atoms with Gasteiger partial charge in [0.05, 0.1) is 25.5 Å². The molecule has 1 aliphatic rings. The molecule has 72 valence electrons. The summed E-state index contributed by atoms with van der Waals surface area (Å²) >= 11 is 1.58. The van der Waals surface area contributed by atoms with Crippen molar-refractivity contribution < 1.29 is 9.84 Å². The van der Waals surface area contributed by atoms with Crippen molar-refractivity contribution in [1.29, 1.82) is 0 Å². The number of nitrogens with zero attached hydrogens (tertiary/aromatic N) is 2. The molecule has 0 aliphatic carbocycles. The molecule has 0 saturated carbocycles. The molecule has 4 nitrogen and oxygen atoms in total. The molecule has 0 spiro atoms. The fourth-order valence-corrected chi connectivity index (χ4v) is 2.14. The van der Waals surface area contributed by atoms with E-state index < -0.39 is 0 Å². The summed E-state index contributed by atoms with van der Waals surface area (Å²) in [6.45, 7) is 3.37. The van der Waals surface area contributed by atoms with Crippen LogP contribution in [-0.2, 0) is 11.3 Å². The van der Waals surface area contributed by atoms with Gasteiger partial charge in [-0.05, 0) is 0 Å². The second kappa shape index (κ2) is 4.04. The summed E-state index contributed by atoms with van der Waals surface area (Å²) in [7, 11) is 0. The zero-order valence-electron chi connectivity index (χ0n) is 7.27. The number of anilines is 1. The Balaban J connectivity index is 2.05. The quantitative estimate of drug-likeness (QED) is 0.754. The van der Waals surface area contributed by atoms with Crippen molar-refractivity contribution in [1.82, 2.24) is 4.98 Å². The molecule has 1 aliphatic heterocycles. The van der Waals surface area contributed by atoms with Gasteiger partial charge < -0.3 is 14.7 Å². The van der Waals surface area contributed by atoms with Gasteiger partial charge in [-0.15, -0.1) is 11.3 Å². The molecule has 1 saturated heterocycles. The third-order valence-corrected chi connectivity index (χ3v) is 2.93. The van der Waals surface area contributed by atoms with Gasteiger partial charge >= 0.3 is 0 Å². The first-order valence-electron chi connectivity index (χ1n) is 4.28. The lowest BCUT2D eigenvalue weighted by Gasteiger charge is -2.25. The van der Waals surface area contributed by atoms with Crippen molar-refractivity contribution in [3.05, 3.63) is 11.1 Å². The average molecular weight is 200 g/mol. The van der Waals surface area contributed by atoms with Crippen LogP contribution in [0.25, 0.3) is 0 Å². The summed E-state index contributed by atoms with van der Waals surface area (Å²) in [4.78, 5) is 6.48. The van der Waals surface area contributed by atoms with Gasteiger partial charge in [0.2, 0.25) is 0 Å². The van der Waals surface area contributed by atoms with Gasteiger partial charge in [0.1, 0.15) is 0 Å². The van der Waals surface area contributed by atoms with E-state index in [4.69, 9.17) is 9.84 Å². The van der Waals surface area contributed by atoms with E-state index in [1.165, 1.54) is 0 Å². The van der Waals surface area contributed by atoms with Crippen molar-refractivity contribution in [3.8, 4) is 0 Å². The van der Waals surface area contributed by atoms with Crippen molar-refractivity contribution >= 4 is 16.5 Å². The molecular formula is C8H12N2O2S. The lowest BCUT2D eigenvalue weighted by molar-refractivity contribution is 0.122. The van der Waals surface area contributed by atoms with E-state index in [-0.39, 0.29) is 6.61 Å². The van der Waals surface area contributed by atoms with Crippen molar-refractivity contribution in [2.75, 3.05) is 31.2 Å². The van der Waals surface area contributed by atoms with Crippen LogP contribution in [0.15, 0.2) is 5.38 Å². The minimum Gasteiger partial charge on any atom is -0.390 e. The molecule has 5 heteroatoms. The van der Waals surface area contributed by atoms with E-state index in [1.54, 1.807) is 11.3 Å². The van der Waals surface area contributed by atoms with E-state index >= 15 is 0 Å². The highest BCUT2D eigenvalue weighted by atomic mass is 32.1. The molecule has 1 aromatic heterocycles. The predicted octanol–water partition coefficient (Wildman–Crippen LogP) is 0.472. The zero-order valence-corrected chi connectivity index (χ0v) is 8.09. The van der Waals surface area contributed by atoms with Gasteiger partial charge in [-0.2, -0.15) is 0 Å². The summed E-state index contributed by atoms with van der Waals surface area (Å²) in [6, 6.07) is 0. The monoisotopic (exact) mass is 200 g/mol. The Hall–Kier alpha value is -0.650. The van der Waals surface area contributed by atoms with Crippen molar-refractivity contribution in [2.24, 2.45) is 0 Å². The van der Waals surface area contributed by atoms with Gasteiger partial charge in [-0.25, -0.2) is 4.98 Å². The zero-order chi connectivity index (χ0) is 9.10. The smallest absolute Gasteiger partial charge is 0.185 e. The highest BCUT2D eigenvalue weighted by Gasteiger charge is 2.13. The topological polar surface area (TPSA) is 45.6 Å². The normalized spacial score (nSPS) is 17.8. The maximum Gasteiger partial charge on any atom is 0.185 e. The Bertz CT molecular complexity index is 271. The lowest BCUT2D eigenvalue weighted by Crippen LogP contribution is -2.36. The summed E-state index contributed by atoms with van der Waals surface area (Å²) in [5.41, 5.74) is 0.756. The van der Waals surface area contributed by atoms with Gasteiger partial charge in [-0.1, -0.05) is 0 Å². The fourth-order valence-electron chi connectivity index (χ4n) is 1.27. The number of aromatic nitrogens is 1. The molecule has 0 atom stereocenters. The predicted molar refractivity (Wildman–Crippen MR) is 51.1 cm³/mol. The molecule has 0 amide bonds. The van der Waals surface area contributed by atoms with Gasteiger partial charge in [0.25, 0.3) is 0 Å². The summed E-state index contributed by atoms with van der Waals surface area (Å²) in [5, 5.41) is 11.7. The van der Waals surface area contributed by atoms with Crippen LogP contribution in [0.5, 0.6) is 0 Å². The number of thiazole rings is 1. The minimum absolute atomic E-state index is 0.0286. The largest absolute Gasteiger partial charge is 0.390 e. The molecule has 13 heavy (non-hydrogen) atoms. The SMILES string of the molecule is OCc1csc(N2CCOCC2)n1. The molecule has 0 bridgehead atoms. The highest BCUT2D eigenvalue weighted by molar-refractivity contribution is 7.13. The van der Waals surface area contributed by atoms with Gasteiger partial charge in [0, 0.05) is 18.5 Å². The number of hydrogen-bond donors (Lipinski definition) is 1.